The molecule has 0 aliphatic rings. The maximum absolute atomic E-state index is 13.0. The molecule has 72 valence electrons. The number of benzene rings is 1. The summed E-state index contributed by atoms with van der Waals surface area (Å²) in [6.45, 7) is 4.86. The Morgan fingerprint density at radius 2 is 1.77 bits per heavy atom. The van der Waals surface area contributed by atoms with Gasteiger partial charge in [-0.25, -0.2) is 0 Å². The van der Waals surface area contributed by atoms with Gasteiger partial charge in [0, 0.05) is 13.8 Å². The Morgan fingerprint density at radius 1 is 1.23 bits per heavy atom. The summed E-state index contributed by atoms with van der Waals surface area (Å²) in [4.78, 5) is 0. The van der Waals surface area contributed by atoms with E-state index in [1.165, 1.54) is 19.4 Å². The van der Waals surface area contributed by atoms with Gasteiger partial charge in [0.15, 0.2) is 0 Å². The van der Waals surface area contributed by atoms with Crippen LogP contribution in [0.5, 0.6) is 5.75 Å². The predicted octanol–water partition coefficient (Wildman–Crippen LogP) is 3.33. The fourth-order valence-electron chi connectivity index (χ4n) is 1.07. The molecule has 1 nitrogen and oxygen atoms in total. The molecule has 0 atom stereocenters. The number of alkyl halides is 1. The third-order valence-electron chi connectivity index (χ3n) is 1.69. The molecule has 0 aromatic heterocycles. The quantitative estimate of drug-likeness (QED) is 0.696. The Hall–Kier alpha value is -1.05. The first-order valence-corrected chi connectivity index (χ1v) is 4.48. The van der Waals surface area contributed by atoms with E-state index in [9.17, 15) is 4.39 Å². The highest BCUT2D eigenvalue weighted by Crippen LogP contribution is 2.19. The van der Waals surface area contributed by atoms with Gasteiger partial charge in [-0.3, -0.25) is 0 Å². The van der Waals surface area contributed by atoms with E-state index in [-0.39, 0.29) is 0 Å². The molecule has 2 heteroatoms. The highest BCUT2D eigenvalue weighted by molar-refractivity contribution is 5.27. The van der Waals surface area contributed by atoms with Crippen molar-refractivity contribution in [1.82, 2.24) is 0 Å². The number of hydrogen-bond donors (Lipinski definition) is 0. The molecule has 0 radical (unpaired) electrons. The minimum Gasteiger partial charge on any atom is -0.459 e. The summed E-state index contributed by atoms with van der Waals surface area (Å²) < 4.78 is 18.1. The van der Waals surface area contributed by atoms with E-state index < -0.39 is 5.85 Å². The van der Waals surface area contributed by atoms with Crippen LogP contribution in [0, 0.1) is 0 Å². The van der Waals surface area contributed by atoms with Crippen LogP contribution in [0.2, 0.25) is 0 Å². The summed E-state index contributed by atoms with van der Waals surface area (Å²) in [6, 6.07) is 7.47. The van der Waals surface area contributed by atoms with Crippen molar-refractivity contribution in [2.75, 3.05) is 0 Å². The zero-order valence-electron chi connectivity index (χ0n) is 8.30. The molecule has 0 N–H and O–H groups in total. The highest BCUT2D eigenvalue weighted by Gasteiger charge is 2.16. The van der Waals surface area contributed by atoms with Crippen LogP contribution in [0.1, 0.15) is 26.3 Å². The van der Waals surface area contributed by atoms with Crippen molar-refractivity contribution in [3.8, 4) is 5.75 Å². The van der Waals surface area contributed by atoms with Gasteiger partial charge in [-0.05, 0) is 24.1 Å². The SMILES string of the molecule is CCc1ccc(OC(C)(C)F)cc1. The van der Waals surface area contributed by atoms with E-state index in [0.717, 1.165) is 6.42 Å². The lowest BCUT2D eigenvalue weighted by Gasteiger charge is -2.16. The molecule has 0 bridgehead atoms. The molecule has 0 aliphatic heterocycles. The number of ether oxygens (including phenoxy) is 1. The maximum Gasteiger partial charge on any atom is 0.242 e. The number of halogens is 1. The molecular formula is C11H15FO. The van der Waals surface area contributed by atoms with Gasteiger partial charge in [0.2, 0.25) is 5.85 Å². The van der Waals surface area contributed by atoms with E-state index in [1.54, 1.807) is 12.1 Å². The van der Waals surface area contributed by atoms with Gasteiger partial charge < -0.3 is 4.74 Å². The largest absolute Gasteiger partial charge is 0.459 e. The van der Waals surface area contributed by atoms with E-state index in [4.69, 9.17) is 4.74 Å². The molecule has 0 unspecified atom stereocenters. The second-order valence-corrected chi connectivity index (χ2v) is 3.46. The molecular weight excluding hydrogens is 167 g/mol. The maximum atomic E-state index is 13.0. The second-order valence-electron chi connectivity index (χ2n) is 3.46. The number of hydrogen-bond acceptors (Lipinski definition) is 1. The van der Waals surface area contributed by atoms with Crippen LogP contribution in [-0.4, -0.2) is 5.85 Å². The van der Waals surface area contributed by atoms with Crippen molar-refractivity contribution >= 4 is 0 Å². The molecule has 0 amide bonds. The third kappa shape index (κ3) is 3.45. The van der Waals surface area contributed by atoms with E-state index in [2.05, 4.69) is 6.92 Å². The Morgan fingerprint density at radius 3 is 2.15 bits per heavy atom. The summed E-state index contributed by atoms with van der Waals surface area (Å²) in [5.41, 5.74) is 1.23. The summed E-state index contributed by atoms with van der Waals surface area (Å²) in [7, 11) is 0. The van der Waals surface area contributed by atoms with Crippen molar-refractivity contribution in [1.29, 1.82) is 0 Å². The fourth-order valence-corrected chi connectivity index (χ4v) is 1.07. The van der Waals surface area contributed by atoms with Gasteiger partial charge in [0.25, 0.3) is 0 Å². The van der Waals surface area contributed by atoms with Crippen LogP contribution >= 0.6 is 0 Å². The topological polar surface area (TPSA) is 9.23 Å². The normalized spacial score (nSPS) is 11.4. The standard InChI is InChI=1S/C11H15FO/c1-4-9-5-7-10(8-6-9)13-11(2,3)12/h5-8H,4H2,1-3H3. The molecule has 1 aromatic carbocycles. The van der Waals surface area contributed by atoms with E-state index in [1.807, 2.05) is 12.1 Å². The second kappa shape index (κ2) is 3.77. The average molecular weight is 182 g/mol. The van der Waals surface area contributed by atoms with Crippen molar-refractivity contribution in [3.05, 3.63) is 29.8 Å². The summed E-state index contributed by atoms with van der Waals surface area (Å²) in [6.07, 6.45) is 0.985. The summed E-state index contributed by atoms with van der Waals surface area (Å²) >= 11 is 0. The Bertz CT molecular complexity index is 258. The third-order valence-corrected chi connectivity index (χ3v) is 1.69. The Labute approximate surface area is 78.5 Å². The molecule has 0 saturated carbocycles. The molecule has 0 heterocycles. The van der Waals surface area contributed by atoms with Gasteiger partial charge in [0.05, 0.1) is 0 Å². The lowest BCUT2D eigenvalue weighted by Crippen LogP contribution is -2.20. The zero-order chi connectivity index (χ0) is 9.90. The first-order valence-electron chi connectivity index (χ1n) is 4.48. The van der Waals surface area contributed by atoms with E-state index in [0.29, 0.717) is 5.75 Å². The van der Waals surface area contributed by atoms with E-state index >= 15 is 0 Å². The predicted molar refractivity (Wildman–Crippen MR) is 51.6 cm³/mol. The summed E-state index contributed by atoms with van der Waals surface area (Å²) in [5, 5.41) is 0. The van der Waals surface area contributed by atoms with Gasteiger partial charge in [-0.2, -0.15) is 4.39 Å². The molecule has 0 spiro atoms. The minimum absolute atomic E-state index is 0.574. The molecule has 1 rings (SSSR count). The van der Waals surface area contributed by atoms with Crippen LogP contribution in [0.3, 0.4) is 0 Å². The Kier molecular flexibility index (Phi) is 2.91. The smallest absolute Gasteiger partial charge is 0.242 e. The van der Waals surface area contributed by atoms with Crippen LogP contribution in [-0.2, 0) is 6.42 Å². The Balaban J connectivity index is 2.70. The lowest BCUT2D eigenvalue weighted by atomic mass is 10.2. The fraction of sp³-hybridized carbons (Fsp3) is 0.455. The molecule has 13 heavy (non-hydrogen) atoms. The highest BCUT2D eigenvalue weighted by atomic mass is 19.2. The van der Waals surface area contributed by atoms with Crippen LogP contribution in [0.4, 0.5) is 4.39 Å². The zero-order valence-corrected chi connectivity index (χ0v) is 8.30. The molecule has 1 aromatic rings. The average Bonchev–Trinajstić information content (AvgIpc) is 2.03. The van der Waals surface area contributed by atoms with Crippen molar-refractivity contribution in [3.63, 3.8) is 0 Å². The first-order chi connectivity index (χ1) is 6.01. The van der Waals surface area contributed by atoms with Crippen molar-refractivity contribution < 1.29 is 9.13 Å². The minimum atomic E-state index is -1.60. The first kappa shape index (κ1) is 10.0. The van der Waals surface area contributed by atoms with Crippen molar-refractivity contribution in [2.45, 2.75) is 33.0 Å². The lowest BCUT2D eigenvalue weighted by molar-refractivity contribution is -0.0257. The molecule has 0 saturated heterocycles. The van der Waals surface area contributed by atoms with Gasteiger partial charge in [-0.15, -0.1) is 0 Å². The van der Waals surface area contributed by atoms with Gasteiger partial charge >= 0.3 is 0 Å². The van der Waals surface area contributed by atoms with Gasteiger partial charge in [0.1, 0.15) is 5.75 Å². The van der Waals surface area contributed by atoms with Crippen LogP contribution in [0.15, 0.2) is 24.3 Å². The molecule has 0 fully saturated rings. The van der Waals surface area contributed by atoms with Gasteiger partial charge in [-0.1, -0.05) is 19.1 Å². The molecule has 0 aliphatic carbocycles. The van der Waals surface area contributed by atoms with Crippen molar-refractivity contribution in [2.24, 2.45) is 0 Å². The monoisotopic (exact) mass is 182 g/mol. The van der Waals surface area contributed by atoms with Crippen LogP contribution < -0.4 is 4.74 Å². The number of aryl methyl sites for hydroxylation is 1. The number of rotatable bonds is 3. The van der Waals surface area contributed by atoms with Crippen LogP contribution in [0.25, 0.3) is 0 Å². The summed E-state index contributed by atoms with van der Waals surface area (Å²) in [5.74, 6) is -1.03.